The summed E-state index contributed by atoms with van der Waals surface area (Å²) in [5, 5.41) is 9.72. The molecular formula is C16H20BrN3O. The number of piperidine rings is 1. The predicted octanol–water partition coefficient (Wildman–Crippen LogP) is 2.88. The Morgan fingerprint density at radius 2 is 2.00 bits per heavy atom. The van der Waals surface area contributed by atoms with Crippen LogP contribution in [0.5, 0.6) is 0 Å². The van der Waals surface area contributed by atoms with Gasteiger partial charge in [-0.3, -0.25) is 4.98 Å². The normalized spacial score (nSPS) is 23.6. The second kappa shape index (κ2) is 6.43. The van der Waals surface area contributed by atoms with Gasteiger partial charge in [-0.25, -0.2) is 0 Å². The van der Waals surface area contributed by atoms with E-state index in [9.17, 15) is 5.26 Å². The first-order valence-electron chi connectivity index (χ1n) is 7.59. The molecule has 21 heavy (non-hydrogen) atoms. The average Bonchev–Trinajstić information content (AvgIpc) is 2.56. The molecule has 2 aliphatic rings. The maximum atomic E-state index is 9.72. The lowest BCUT2D eigenvalue weighted by molar-refractivity contribution is 0.0211. The van der Waals surface area contributed by atoms with Gasteiger partial charge in [0.15, 0.2) is 0 Å². The molecule has 2 aliphatic heterocycles. The van der Waals surface area contributed by atoms with Crippen LogP contribution in [0.1, 0.15) is 31.4 Å². The van der Waals surface area contributed by atoms with Crippen LogP contribution in [0.25, 0.3) is 0 Å². The molecule has 2 saturated heterocycles. The van der Waals surface area contributed by atoms with E-state index in [1.54, 1.807) is 6.20 Å². The van der Waals surface area contributed by atoms with E-state index in [1.807, 2.05) is 12.1 Å². The van der Waals surface area contributed by atoms with E-state index in [0.717, 1.165) is 62.2 Å². The summed E-state index contributed by atoms with van der Waals surface area (Å²) in [5.41, 5.74) is 0.502. The summed E-state index contributed by atoms with van der Waals surface area (Å²) in [7, 11) is 0. The number of hydrogen-bond acceptors (Lipinski definition) is 4. The van der Waals surface area contributed by atoms with Crippen LogP contribution in [-0.4, -0.2) is 42.2 Å². The van der Waals surface area contributed by atoms with Crippen molar-refractivity contribution in [2.24, 2.45) is 0 Å². The molecule has 3 rings (SSSR count). The monoisotopic (exact) mass is 349 g/mol. The van der Waals surface area contributed by atoms with Crippen molar-refractivity contribution in [1.82, 2.24) is 9.88 Å². The fourth-order valence-corrected chi connectivity index (χ4v) is 3.64. The number of pyridine rings is 1. The van der Waals surface area contributed by atoms with Crippen LogP contribution in [0.2, 0.25) is 0 Å². The standard InChI is InChI=1S/C16H20BrN3O/c17-13-1-2-15(19-11-13)16(12-18)5-7-20(8-6-16)14-3-9-21-10-4-14/h1-2,11,14H,3-10H2. The Kier molecular flexibility index (Phi) is 4.58. The molecule has 0 aromatic carbocycles. The summed E-state index contributed by atoms with van der Waals surface area (Å²) in [5.74, 6) is 0. The number of ether oxygens (including phenoxy) is 1. The van der Waals surface area contributed by atoms with E-state index in [2.05, 4.69) is 31.9 Å². The van der Waals surface area contributed by atoms with Crippen molar-refractivity contribution in [2.45, 2.75) is 37.1 Å². The molecule has 0 amide bonds. The molecule has 2 fully saturated rings. The number of halogens is 1. The van der Waals surface area contributed by atoms with Crippen molar-refractivity contribution in [3.63, 3.8) is 0 Å². The Hall–Kier alpha value is -0.960. The van der Waals surface area contributed by atoms with Gasteiger partial charge in [-0.2, -0.15) is 5.26 Å². The van der Waals surface area contributed by atoms with Crippen molar-refractivity contribution in [3.8, 4) is 6.07 Å². The lowest BCUT2D eigenvalue weighted by Crippen LogP contribution is -2.48. The number of nitriles is 1. The van der Waals surface area contributed by atoms with Crippen LogP contribution in [0.3, 0.4) is 0 Å². The highest BCUT2D eigenvalue weighted by Crippen LogP contribution is 2.35. The minimum Gasteiger partial charge on any atom is -0.381 e. The Morgan fingerprint density at radius 1 is 1.29 bits per heavy atom. The van der Waals surface area contributed by atoms with Gasteiger partial charge in [0.25, 0.3) is 0 Å². The third-order valence-electron chi connectivity index (χ3n) is 4.79. The van der Waals surface area contributed by atoms with E-state index in [-0.39, 0.29) is 0 Å². The second-order valence-electron chi connectivity index (χ2n) is 5.94. The smallest absolute Gasteiger partial charge is 0.102 e. The van der Waals surface area contributed by atoms with Crippen LogP contribution in [-0.2, 0) is 10.2 Å². The number of hydrogen-bond donors (Lipinski definition) is 0. The highest BCUT2D eigenvalue weighted by atomic mass is 79.9. The van der Waals surface area contributed by atoms with Gasteiger partial charge in [-0.05, 0) is 53.7 Å². The molecule has 0 unspecified atom stereocenters. The maximum absolute atomic E-state index is 9.72. The zero-order chi connectivity index (χ0) is 14.7. The zero-order valence-electron chi connectivity index (χ0n) is 12.1. The highest BCUT2D eigenvalue weighted by Gasteiger charge is 2.39. The highest BCUT2D eigenvalue weighted by molar-refractivity contribution is 9.10. The average molecular weight is 350 g/mol. The third-order valence-corrected chi connectivity index (χ3v) is 5.26. The summed E-state index contributed by atoms with van der Waals surface area (Å²) in [6.45, 7) is 3.71. The molecule has 1 aromatic rings. The molecule has 112 valence electrons. The second-order valence-corrected chi connectivity index (χ2v) is 6.85. The van der Waals surface area contributed by atoms with Crippen LogP contribution in [0.15, 0.2) is 22.8 Å². The summed E-state index contributed by atoms with van der Waals surface area (Å²) in [4.78, 5) is 7.01. The predicted molar refractivity (Wildman–Crippen MR) is 83.9 cm³/mol. The fraction of sp³-hybridized carbons (Fsp3) is 0.625. The molecule has 0 radical (unpaired) electrons. The van der Waals surface area contributed by atoms with Crippen LogP contribution >= 0.6 is 15.9 Å². The van der Waals surface area contributed by atoms with Crippen LogP contribution in [0, 0.1) is 11.3 Å². The molecule has 4 nitrogen and oxygen atoms in total. The lowest BCUT2D eigenvalue weighted by atomic mass is 9.76. The molecule has 1 aromatic heterocycles. The molecule has 0 spiro atoms. The van der Waals surface area contributed by atoms with Crippen LogP contribution < -0.4 is 0 Å². The maximum Gasteiger partial charge on any atom is 0.102 e. The zero-order valence-corrected chi connectivity index (χ0v) is 13.7. The number of rotatable bonds is 2. The van der Waals surface area contributed by atoms with Crippen molar-refractivity contribution >= 4 is 15.9 Å². The summed E-state index contributed by atoms with van der Waals surface area (Å²) >= 11 is 3.41. The van der Waals surface area contributed by atoms with Gasteiger partial charge in [0.05, 0.1) is 11.8 Å². The fourth-order valence-electron chi connectivity index (χ4n) is 3.41. The molecule has 0 atom stereocenters. The molecule has 0 bridgehead atoms. The van der Waals surface area contributed by atoms with Crippen molar-refractivity contribution in [2.75, 3.05) is 26.3 Å². The van der Waals surface area contributed by atoms with E-state index < -0.39 is 5.41 Å². The van der Waals surface area contributed by atoms with Gasteiger partial charge in [0.1, 0.15) is 5.41 Å². The molecular weight excluding hydrogens is 330 g/mol. The first-order valence-corrected chi connectivity index (χ1v) is 8.38. The van der Waals surface area contributed by atoms with Gasteiger partial charge in [0.2, 0.25) is 0 Å². The summed E-state index contributed by atoms with van der Waals surface area (Å²) in [6, 6.07) is 7.14. The third kappa shape index (κ3) is 3.13. The summed E-state index contributed by atoms with van der Waals surface area (Å²) in [6.07, 6.45) is 5.77. The van der Waals surface area contributed by atoms with E-state index in [4.69, 9.17) is 4.74 Å². The largest absolute Gasteiger partial charge is 0.381 e. The molecule has 0 N–H and O–H groups in total. The number of likely N-dealkylation sites (tertiary alicyclic amines) is 1. The Labute approximate surface area is 134 Å². The van der Waals surface area contributed by atoms with Gasteiger partial charge in [-0.1, -0.05) is 0 Å². The Balaban J connectivity index is 1.69. The topological polar surface area (TPSA) is 49.2 Å². The van der Waals surface area contributed by atoms with E-state index in [1.165, 1.54) is 0 Å². The lowest BCUT2D eigenvalue weighted by Gasteiger charge is -2.42. The molecule has 0 aliphatic carbocycles. The van der Waals surface area contributed by atoms with Gasteiger partial charge in [-0.15, -0.1) is 0 Å². The van der Waals surface area contributed by atoms with Crippen LogP contribution in [0.4, 0.5) is 0 Å². The van der Waals surface area contributed by atoms with Gasteiger partial charge < -0.3 is 9.64 Å². The van der Waals surface area contributed by atoms with E-state index in [0.29, 0.717) is 6.04 Å². The molecule has 0 saturated carbocycles. The first kappa shape index (κ1) is 15.0. The van der Waals surface area contributed by atoms with Gasteiger partial charge in [0, 0.05) is 43.0 Å². The Morgan fingerprint density at radius 3 is 2.57 bits per heavy atom. The minimum atomic E-state index is -0.414. The van der Waals surface area contributed by atoms with Gasteiger partial charge >= 0.3 is 0 Å². The van der Waals surface area contributed by atoms with Crippen molar-refractivity contribution in [1.29, 1.82) is 5.26 Å². The number of nitrogens with zero attached hydrogens (tertiary/aromatic N) is 3. The number of aromatic nitrogens is 1. The van der Waals surface area contributed by atoms with Crippen molar-refractivity contribution < 1.29 is 4.74 Å². The summed E-state index contributed by atoms with van der Waals surface area (Å²) < 4.78 is 6.40. The quantitative estimate of drug-likeness (QED) is 0.823. The SMILES string of the molecule is N#CC1(c2ccc(Br)cn2)CCN(C2CCOCC2)CC1. The van der Waals surface area contributed by atoms with Crippen molar-refractivity contribution in [3.05, 3.63) is 28.5 Å². The molecule has 5 heteroatoms. The Bertz CT molecular complexity index is 511. The molecule has 3 heterocycles. The first-order chi connectivity index (χ1) is 10.2. The minimum absolute atomic E-state index is 0.414. The van der Waals surface area contributed by atoms with E-state index >= 15 is 0 Å².